The van der Waals surface area contributed by atoms with Gasteiger partial charge in [0.15, 0.2) is 0 Å². The Bertz CT molecular complexity index is 2280. The number of anilines is 1. The van der Waals surface area contributed by atoms with Crippen molar-refractivity contribution in [2.45, 2.75) is 23.6 Å². The predicted molar refractivity (Wildman–Crippen MR) is 225 cm³/mol. The highest BCUT2D eigenvalue weighted by Crippen LogP contribution is 2.42. The van der Waals surface area contributed by atoms with Crippen LogP contribution in [0.2, 0.25) is 0 Å². The van der Waals surface area contributed by atoms with E-state index in [2.05, 4.69) is 26.7 Å². The van der Waals surface area contributed by atoms with E-state index in [9.17, 15) is 18.8 Å². The minimum absolute atomic E-state index is 0.0376. The monoisotopic (exact) mass is 830 g/mol. The quantitative estimate of drug-likeness (QED) is 0.0196. The van der Waals surface area contributed by atoms with Crippen molar-refractivity contribution in [1.29, 1.82) is 0 Å². The summed E-state index contributed by atoms with van der Waals surface area (Å²) in [4.78, 5) is 52.6. The Morgan fingerprint density at radius 3 is 2.17 bits per heavy atom. The number of methoxy groups -OCH3 is 1. The lowest BCUT2D eigenvalue weighted by molar-refractivity contribution is -0.153. The Labute approximate surface area is 348 Å². The van der Waals surface area contributed by atoms with Gasteiger partial charge in [-0.3, -0.25) is 14.5 Å². The number of allylic oxidation sites excluding steroid dienone is 3. The van der Waals surface area contributed by atoms with Crippen LogP contribution in [0.4, 0.5) is 9.52 Å². The number of benzene rings is 4. The molecule has 5 aromatic rings. The molecule has 2 aliphatic heterocycles. The van der Waals surface area contributed by atoms with E-state index in [1.165, 1.54) is 16.7 Å². The molecule has 0 spiro atoms. The molecule has 15 heteroatoms. The second-order valence-electron chi connectivity index (χ2n) is 13.1. The molecule has 4 aromatic carbocycles. The maximum absolute atomic E-state index is 14.0. The van der Waals surface area contributed by atoms with Crippen LogP contribution in [0.15, 0.2) is 156 Å². The Kier molecular flexibility index (Phi) is 12.9. The van der Waals surface area contributed by atoms with Crippen molar-refractivity contribution < 1.29 is 33.1 Å². The van der Waals surface area contributed by atoms with E-state index < -0.39 is 48.0 Å². The number of ether oxygens (including phenoxy) is 2. The summed E-state index contributed by atoms with van der Waals surface area (Å²) in [5.74, 6) is -1.15. The fraction of sp³-hybridized carbons (Fsp3) is 0.182. The Balaban J connectivity index is 1.14. The van der Waals surface area contributed by atoms with Crippen molar-refractivity contribution in [1.82, 2.24) is 19.6 Å². The molecule has 7 rings (SSSR count). The van der Waals surface area contributed by atoms with Crippen molar-refractivity contribution in [2.24, 2.45) is 5.16 Å². The third kappa shape index (κ3) is 8.66. The van der Waals surface area contributed by atoms with Crippen LogP contribution in [0.3, 0.4) is 0 Å². The smallest absolute Gasteiger partial charge is 0.355 e. The number of rotatable bonds is 17. The summed E-state index contributed by atoms with van der Waals surface area (Å²) in [6.45, 7) is 2.40. The van der Waals surface area contributed by atoms with Gasteiger partial charge in [-0.1, -0.05) is 133 Å². The molecule has 2 amide bonds. The summed E-state index contributed by atoms with van der Waals surface area (Å²) < 4.78 is 28.5. The van der Waals surface area contributed by atoms with Gasteiger partial charge in [0.25, 0.3) is 11.8 Å². The van der Waals surface area contributed by atoms with Gasteiger partial charge in [0.1, 0.15) is 48.3 Å². The van der Waals surface area contributed by atoms with E-state index in [0.29, 0.717) is 22.2 Å². The van der Waals surface area contributed by atoms with Crippen molar-refractivity contribution in [3.8, 4) is 5.75 Å². The number of alkyl halides is 1. The minimum atomic E-state index is -1.05. The number of nitrogens with one attached hydrogen (secondary N) is 2. The number of nitrogens with zero attached hydrogens (tertiary/aromatic N) is 4. The van der Waals surface area contributed by atoms with Gasteiger partial charge in [-0.25, -0.2) is 9.18 Å². The minimum Gasteiger partial charge on any atom is -0.497 e. The lowest BCUT2D eigenvalue weighted by atomic mass is 9.77. The van der Waals surface area contributed by atoms with Crippen molar-refractivity contribution in [2.75, 3.05) is 31.5 Å². The van der Waals surface area contributed by atoms with Crippen LogP contribution in [-0.4, -0.2) is 75.3 Å². The molecule has 2 atom stereocenters. The summed E-state index contributed by atoms with van der Waals surface area (Å²) in [6, 6.07) is 35.7. The first-order valence-electron chi connectivity index (χ1n) is 18.5. The van der Waals surface area contributed by atoms with Crippen LogP contribution in [0.1, 0.15) is 28.1 Å². The standard InChI is InChI=1S/C44H39FN6O6S2/c1-3-4-14-30-28-58-41-36(40(53)51(41)37(30)42(54)56-27-29-21-23-34(55-2)24-22-29)46-39(52)35(49-57-26-25-45)38-47-43(59-50-38)48-44(31-15-8-5-9-16-31,32-17-10-6-11-18-32)33-19-12-7-13-20-33/h3-24,36,41H,1,25-28H2,2H3,(H,46,52)(H,47,48,50)/b14-4+,49-35-/t36-,41-/m1/s1. The zero-order valence-corrected chi connectivity index (χ0v) is 33.5. The first-order valence-corrected chi connectivity index (χ1v) is 20.3. The maximum atomic E-state index is 14.0. The van der Waals surface area contributed by atoms with Gasteiger partial charge in [-0.2, -0.15) is 9.36 Å². The normalized spacial score (nSPS) is 16.5. The van der Waals surface area contributed by atoms with Crippen LogP contribution in [0.5, 0.6) is 5.75 Å². The lowest BCUT2D eigenvalue weighted by Gasteiger charge is -2.49. The third-order valence-electron chi connectivity index (χ3n) is 9.53. The van der Waals surface area contributed by atoms with Gasteiger partial charge in [0, 0.05) is 17.3 Å². The van der Waals surface area contributed by atoms with E-state index >= 15 is 0 Å². The number of hydrogen-bond acceptors (Lipinski definition) is 12. The van der Waals surface area contributed by atoms with Gasteiger partial charge >= 0.3 is 5.97 Å². The highest BCUT2D eigenvalue weighted by molar-refractivity contribution is 8.00. The molecule has 2 aliphatic rings. The van der Waals surface area contributed by atoms with Gasteiger partial charge in [0.2, 0.25) is 16.7 Å². The summed E-state index contributed by atoms with van der Waals surface area (Å²) in [5.41, 5.74) is 2.84. The molecule has 59 heavy (non-hydrogen) atoms. The largest absolute Gasteiger partial charge is 0.497 e. The zero-order chi connectivity index (χ0) is 41.2. The summed E-state index contributed by atoms with van der Waals surface area (Å²) >= 11 is 2.36. The van der Waals surface area contributed by atoms with Gasteiger partial charge in [-0.15, -0.1) is 11.8 Å². The van der Waals surface area contributed by atoms with Crippen LogP contribution in [0.25, 0.3) is 0 Å². The van der Waals surface area contributed by atoms with Crippen LogP contribution in [0, 0.1) is 0 Å². The fourth-order valence-electron chi connectivity index (χ4n) is 6.73. The van der Waals surface area contributed by atoms with E-state index in [1.807, 2.05) is 91.0 Å². The molecule has 300 valence electrons. The Morgan fingerprint density at radius 2 is 1.59 bits per heavy atom. The van der Waals surface area contributed by atoms with Gasteiger partial charge < -0.3 is 24.9 Å². The van der Waals surface area contributed by atoms with E-state index in [0.717, 1.165) is 33.8 Å². The molecule has 3 heterocycles. The van der Waals surface area contributed by atoms with Crippen molar-refractivity contribution >= 4 is 51.9 Å². The molecular weight excluding hydrogens is 792 g/mol. The second-order valence-corrected chi connectivity index (χ2v) is 15.0. The number of fused-ring (bicyclic) bond motifs is 1. The molecule has 0 saturated carbocycles. The molecule has 1 fully saturated rings. The number of esters is 1. The highest BCUT2D eigenvalue weighted by atomic mass is 32.2. The summed E-state index contributed by atoms with van der Waals surface area (Å²) in [6.07, 6.45) is 4.94. The van der Waals surface area contributed by atoms with E-state index in [-0.39, 0.29) is 23.8 Å². The Hall–Kier alpha value is -6.58. The van der Waals surface area contributed by atoms with E-state index in [1.54, 1.807) is 49.6 Å². The summed E-state index contributed by atoms with van der Waals surface area (Å²) in [7, 11) is 1.56. The SMILES string of the molecule is C=C/C=C/C1=C(C(=O)OCc2ccc(OC)cc2)N2C(=O)[C@@H](NC(=O)/C(=N\OCCF)c3nsc(NC(c4ccccc4)(c4ccccc4)c4ccccc4)n3)[C@H]2SC1. The second kappa shape index (κ2) is 18.8. The number of β-lactam (4-membered cyclic amide) rings is 1. The molecular formula is C44H39FN6O6S2. The molecule has 0 aliphatic carbocycles. The maximum Gasteiger partial charge on any atom is 0.355 e. The third-order valence-corrected chi connectivity index (χ3v) is 11.5. The molecule has 1 saturated heterocycles. The number of amides is 2. The van der Waals surface area contributed by atoms with Crippen molar-refractivity contribution in [3.05, 3.63) is 179 Å². The number of aromatic nitrogens is 2. The molecule has 2 N–H and O–H groups in total. The molecule has 12 nitrogen and oxygen atoms in total. The lowest BCUT2D eigenvalue weighted by Crippen LogP contribution is -2.71. The van der Waals surface area contributed by atoms with Crippen molar-refractivity contribution in [3.63, 3.8) is 0 Å². The number of carbonyl (C=O) groups is 3. The highest BCUT2D eigenvalue weighted by Gasteiger charge is 2.54. The molecule has 0 bridgehead atoms. The fourth-order valence-corrected chi connectivity index (χ4v) is 8.68. The van der Waals surface area contributed by atoms with Gasteiger partial charge in [0.05, 0.1) is 7.11 Å². The number of halogens is 1. The zero-order valence-electron chi connectivity index (χ0n) is 31.8. The number of thioether (sulfide) groups is 1. The first kappa shape index (κ1) is 40.6. The number of carbonyl (C=O) groups excluding carboxylic acids is 3. The Morgan fingerprint density at radius 1 is 0.966 bits per heavy atom. The first-order chi connectivity index (χ1) is 28.9. The number of oxime groups is 1. The van der Waals surface area contributed by atoms with Crippen LogP contribution >= 0.6 is 23.3 Å². The number of hydrogen-bond donors (Lipinski definition) is 2. The van der Waals surface area contributed by atoms with Gasteiger partial charge in [-0.05, 0) is 40.0 Å². The topological polar surface area (TPSA) is 144 Å². The average Bonchev–Trinajstić information content (AvgIpc) is 3.75. The van der Waals surface area contributed by atoms with Crippen LogP contribution < -0.4 is 15.4 Å². The molecule has 0 radical (unpaired) electrons. The van der Waals surface area contributed by atoms with Crippen LogP contribution in [-0.2, 0) is 36.1 Å². The average molecular weight is 831 g/mol. The predicted octanol–water partition coefficient (Wildman–Crippen LogP) is 6.78. The summed E-state index contributed by atoms with van der Waals surface area (Å²) in [5, 5.41) is 10.00. The molecule has 1 aromatic heterocycles. The van der Waals surface area contributed by atoms with E-state index in [4.69, 9.17) is 19.3 Å². The molecule has 0 unspecified atom stereocenters.